The van der Waals surface area contributed by atoms with E-state index in [9.17, 15) is 19.6 Å². The van der Waals surface area contributed by atoms with Gasteiger partial charge < -0.3 is 20.1 Å². The molecule has 2 N–H and O–H groups in total. The first-order valence-electron chi connectivity index (χ1n) is 10.6. The Kier molecular flexibility index (Phi) is 9.99. The third kappa shape index (κ3) is 7.63. The normalized spacial score (nSPS) is 10.8. The molecule has 194 valence electrons. The number of nitrogens with zero attached hydrogens (tertiary/aromatic N) is 1. The van der Waals surface area contributed by atoms with Gasteiger partial charge in [0.25, 0.3) is 11.8 Å². The van der Waals surface area contributed by atoms with Crippen LogP contribution in [0.1, 0.15) is 15.9 Å². The standard InChI is InChI=1S/C26H17Cl4N3O5/c1-37-26(36)15-2-4-17(5-3-15)33-25(35)16(12-31)8-14-9-21(29)24(22(30)10-14)38-13-23(34)32-18-6-7-19(27)20(28)11-18/h2-11H,13H2,1H3,(H,32,34)(H,33,35)/b16-8-. The molecule has 0 atom stereocenters. The van der Waals surface area contributed by atoms with Crippen molar-refractivity contribution in [3.05, 3.63) is 91.4 Å². The minimum Gasteiger partial charge on any atom is -0.481 e. The van der Waals surface area contributed by atoms with Crippen molar-refractivity contribution in [2.75, 3.05) is 24.4 Å². The van der Waals surface area contributed by atoms with E-state index in [0.29, 0.717) is 27.5 Å². The van der Waals surface area contributed by atoms with Gasteiger partial charge in [-0.1, -0.05) is 46.4 Å². The summed E-state index contributed by atoms with van der Waals surface area (Å²) in [6, 6.07) is 15.2. The zero-order valence-corrected chi connectivity index (χ0v) is 22.5. The molecule has 0 fully saturated rings. The fraction of sp³-hybridized carbons (Fsp3) is 0.0769. The number of halogens is 4. The molecule has 0 aliphatic rings. The molecule has 38 heavy (non-hydrogen) atoms. The van der Waals surface area contributed by atoms with E-state index in [1.807, 2.05) is 6.07 Å². The highest BCUT2D eigenvalue weighted by Gasteiger charge is 2.15. The molecule has 0 spiro atoms. The van der Waals surface area contributed by atoms with Gasteiger partial charge in [0.05, 0.1) is 32.8 Å². The van der Waals surface area contributed by atoms with Crippen LogP contribution in [-0.2, 0) is 14.3 Å². The van der Waals surface area contributed by atoms with Crippen molar-refractivity contribution < 1.29 is 23.9 Å². The highest BCUT2D eigenvalue weighted by molar-refractivity contribution is 6.42. The summed E-state index contributed by atoms with van der Waals surface area (Å²) >= 11 is 24.4. The average Bonchev–Trinajstić information content (AvgIpc) is 2.88. The van der Waals surface area contributed by atoms with Crippen LogP contribution in [0.15, 0.2) is 60.2 Å². The summed E-state index contributed by atoms with van der Waals surface area (Å²) in [5, 5.41) is 15.4. The lowest BCUT2D eigenvalue weighted by atomic mass is 10.1. The topological polar surface area (TPSA) is 118 Å². The maximum Gasteiger partial charge on any atom is 0.337 e. The lowest BCUT2D eigenvalue weighted by Gasteiger charge is -2.12. The van der Waals surface area contributed by atoms with Crippen molar-refractivity contribution in [3.8, 4) is 11.8 Å². The number of amides is 2. The molecule has 0 saturated carbocycles. The van der Waals surface area contributed by atoms with Crippen molar-refractivity contribution in [1.29, 1.82) is 5.26 Å². The first kappa shape index (κ1) is 28.8. The van der Waals surface area contributed by atoms with E-state index >= 15 is 0 Å². The molecule has 3 aromatic carbocycles. The summed E-state index contributed by atoms with van der Waals surface area (Å²) < 4.78 is 10.1. The van der Waals surface area contributed by atoms with Gasteiger partial charge in [0.15, 0.2) is 12.4 Å². The highest BCUT2D eigenvalue weighted by Crippen LogP contribution is 2.35. The van der Waals surface area contributed by atoms with Crippen LogP contribution in [-0.4, -0.2) is 31.5 Å². The van der Waals surface area contributed by atoms with Crippen molar-refractivity contribution >= 4 is 81.6 Å². The van der Waals surface area contributed by atoms with Gasteiger partial charge in [-0.3, -0.25) is 9.59 Å². The Morgan fingerprint density at radius 2 is 1.50 bits per heavy atom. The van der Waals surface area contributed by atoms with Crippen molar-refractivity contribution in [2.24, 2.45) is 0 Å². The van der Waals surface area contributed by atoms with E-state index in [1.165, 1.54) is 61.7 Å². The van der Waals surface area contributed by atoms with Gasteiger partial charge in [0, 0.05) is 11.4 Å². The van der Waals surface area contributed by atoms with Crippen molar-refractivity contribution in [3.63, 3.8) is 0 Å². The Bertz CT molecular complexity index is 1440. The molecule has 0 radical (unpaired) electrons. The van der Waals surface area contributed by atoms with Gasteiger partial charge in [0.1, 0.15) is 11.6 Å². The summed E-state index contributed by atoms with van der Waals surface area (Å²) in [5.74, 6) is -1.66. The molecule has 0 unspecified atom stereocenters. The van der Waals surface area contributed by atoms with E-state index < -0.39 is 24.4 Å². The first-order valence-corrected chi connectivity index (χ1v) is 12.1. The van der Waals surface area contributed by atoms with Crippen LogP contribution in [0.5, 0.6) is 5.75 Å². The maximum atomic E-state index is 12.6. The van der Waals surface area contributed by atoms with Gasteiger partial charge in [-0.05, 0) is 66.2 Å². The SMILES string of the molecule is COC(=O)c1ccc(NC(=O)/C(C#N)=C\c2cc(Cl)c(OCC(=O)Nc3ccc(Cl)c(Cl)c3)c(Cl)c2)cc1. The smallest absolute Gasteiger partial charge is 0.337 e. The minimum absolute atomic E-state index is 0.0448. The van der Waals surface area contributed by atoms with Gasteiger partial charge in [-0.2, -0.15) is 5.26 Å². The Balaban J connectivity index is 1.67. The molecule has 3 rings (SSSR count). The second-order valence-corrected chi connectivity index (χ2v) is 9.10. The van der Waals surface area contributed by atoms with Crippen molar-refractivity contribution in [1.82, 2.24) is 0 Å². The van der Waals surface area contributed by atoms with E-state index in [2.05, 4.69) is 15.4 Å². The summed E-state index contributed by atoms with van der Waals surface area (Å²) in [7, 11) is 1.26. The number of hydrogen-bond donors (Lipinski definition) is 2. The highest BCUT2D eigenvalue weighted by atomic mass is 35.5. The summed E-state index contributed by atoms with van der Waals surface area (Å²) in [6.45, 7) is -0.407. The van der Waals surface area contributed by atoms with Gasteiger partial charge in [0.2, 0.25) is 0 Å². The number of nitrogens with one attached hydrogen (secondary N) is 2. The van der Waals surface area contributed by atoms with Crippen LogP contribution in [0.2, 0.25) is 20.1 Å². The molecule has 0 aliphatic heterocycles. The predicted molar refractivity (Wildman–Crippen MR) is 147 cm³/mol. The molecule has 0 aliphatic carbocycles. The molecule has 0 heterocycles. The molecule has 0 saturated heterocycles. The van der Waals surface area contributed by atoms with Crippen LogP contribution in [0.4, 0.5) is 11.4 Å². The summed E-state index contributed by atoms with van der Waals surface area (Å²) in [6.07, 6.45) is 1.29. The van der Waals surface area contributed by atoms with Crippen LogP contribution >= 0.6 is 46.4 Å². The number of hydrogen-bond acceptors (Lipinski definition) is 6. The fourth-order valence-electron chi connectivity index (χ4n) is 3.03. The Labute approximate surface area is 237 Å². The van der Waals surface area contributed by atoms with Gasteiger partial charge in [-0.15, -0.1) is 0 Å². The fourth-order valence-corrected chi connectivity index (χ4v) is 3.94. The average molecular weight is 593 g/mol. The predicted octanol–water partition coefficient (Wildman–Crippen LogP) is 6.65. The zero-order chi connectivity index (χ0) is 27.8. The molecule has 8 nitrogen and oxygen atoms in total. The number of methoxy groups -OCH3 is 1. The largest absolute Gasteiger partial charge is 0.481 e. The Morgan fingerprint density at radius 3 is 2.08 bits per heavy atom. The maximum absolute atomic E-state index is 12.6. The number of anilines is 2. The number of esters is 1. The van der Waals surface area contributed by atoms with E-state index in [0.717, 1.165) is 0 Å². The van der Waals surface area contributed by atoms with Crippen LogP contribution in [0.3, 0.4) is 0 Å². The zero-order valence-electron chi connectivity index (χ0n) is 19.5. The number of ether oxygens (including phenoxy) is 2. The quantitative estimate of drug-likeness (QED) is 0.172. The first-order chi connectivity index (χ1) is 18.1. The van der Waals surface area contributed by atoms with Crippen molar-refractivity contribution in [2.45, 2.75) is 0 Å². The number of rotatable bonds is 8. The second kappa shape index (κ2) is 13.2. The number of carbonyl (C=O) groups is 3. The molecule has 12 heteroatoms. The minimum atomic E-state index is -0.690. The third-order valence-electron chi connectivity index (χ3n) is 4.81. The number of nitriles is 1. The van der Waals surface area contributed by atoms with E-state index in [-0.39, 0.29) is 26.4 Å². The lowest BCUT2D eigenvalue weighted by Crippen LogP contribution is -2.20. The third-order valence-corrected chi connectivity index (χ3v) is 6.11. The molecule has 3 aromatic rings. The van der Waals surface area contributed by atoms with E-state index in [1.54, 1.807) is 6.07 Å². The summed E-state index contributed by atoms with van der Waals surface area (Å²) in [5.41, 5.74) is 1.21. The van der Waals surface area contributed by atoms with Crippen LogP contribution in [0, 0.1) is 11.3 Å². The molecule has 0 bridgehead atoms. The Hall–Kier alpha value is -3.74. The molecular weight excluding hydrogens is 576 g/mol. The van der Waals surface area contributed by atoms with Gasteiger partial charge in [-0.25, -0.2) is 4.79 Å². The second-order valence-electron chi connectivity index (χ2n) is 7.47. The molecule has 0 aromatic heterocycles. The lowest BCUT2D eigenvalue weighted by molar-refractivity contribution is -0.118. The molecule has 2 amide bonds. The number of benzene rings is 3. The monoisotopic (exact) mass is 591 g/mol. The molecular formula is C26H17Cl4N3O5. The van der Waals surface area contributed by atoms with Crippen LogP contribution in [0.25, 0.3) is 6.08 Å². The van der Waals surface area contributed by atoms with Gasteiger partial charge >= 0.3 is 5.97 Å². The van der Waals surface area contributed by atoms with Crippen LogP contribution < -0.4 is 15.4 Å². The number of carbonyl (C=O) groups excluding carboxylic acids is 3. The Morgan fingerprint density at radius 1 is 0.868 bits per heavy atom. The van der Waals surface area contributed by atoms with E-state index in [4.69, 9.17) is 51.1 Å². The summed E-state index contributed by atoms with van der Waals surface area (Å²) in [4.78, 5) is 36.4.